The highest BCUT2D eigenvalue weighted by Crippen LogP contribution is 2.35. The van der Waals surface area contributed by atoms with E-state index in [1.54, 1.807) is 6.92 Å². The first-order chi connectivity index (χ1) is 10.1. The summed E-state index contributed by atoms with van der Waals surface area (Å²) >= 11 is 0. The van der Waals surface area contributed by atoms with Crippen LogP contribution in [0.25, 0.3) is 11.0 Å². The van der Waals surface area contributed by atoms with Crippen molar-refractivity contribution >= 4 is 16.9 Å². The first-order valence-corrected chi connectivity index (χ1v) is 7.81. The summed E-state index contributed by atoms with van der Waals surface area (Å²) < 4.78 is 2.24. The van der Waals surface area contributed by atoms with Crippen LogP contribution in [0.2, 0.25) is 0 Å². The first kappa shape index (κ1) is 14.1. The number of hydrogen-bond donors (Lipinski definition) is 1. The van der Waals surface area contributed by atoms with Crippen molar-refractivity contribution in [1.29, 1.82) is 0 Å². The van der Waals surface area contributed by atoms with E-state index in [2.05, 4.69) is 35.1 Å². The molecule has 1 heterocycles. The molecule has 0 aliphatic heterocycles. The van der Waals surface area contributed by atoms with Crippen molar-refractivity contribution in [1.82, 2.24) is 14.9 Å². The number of imidazole rings is 1. The zero-order valence-corrected chi connectivity index (χ0v) is 12.8. The molecule has 0 atom stereocenters. The molecule has 0 radical (unpaired) electrons. The van der Waals surface area contributed by atoms with Crippen LogP contribution in [0.1, 0.15) is 44.3 Å². The quantitative estimate of drug-likeness (QED) is 0.942. The van der Waals surface area contributed by atoms with Gasteiger partial charge in [0.15, 0.2) is 0 Å². The summed E-state index contributed by atoms with van der Waals surface area (Å²) in [6, 6.07) is 8.33. The molecule has 3 rings (SSSR count). The molecule has 1 aliphatic carbocycles. The molecule has 1 fully saturated rings. The molecule has 0 unspecified atom stereocenters. The monoisotopic (exact) mass is 285 g/mol. The van der Waals surface area contributed by atoms with Gasteiger partial charge >= 0.3 is 0 Å². The number of aryl methyl sites for hydroxylation is 1. The largest absolute Gasteiger partial charge is 0.356 e. The summed E-state index contributed by atoms with van der Waals surface area (Å²) in [5.74, 6) is 2.47. The van der Waals surface area contributed by atoms with Crippen molar-refractivity contribution in [3.05, 3.63) is 30.1 Å². The molecule has 2 aromatic rings. The predicted molar refractivity (Wildman–Crippen MR) is 84.1 cm³/mol. The second-order valence-corrected chi connectivity index (χ2v) is 6.17. The van der Waals surface area contributed by atoms with Crippen LogP contribution < -0.4 is 5.32 Å². The first-order valence-electron chi connectivity index (χ1n) is 7.81. The number of nitrogens with one attached hydrogen (secondary N) is 1. The Kier molecular flexibility index (Phi) is 3.95. The Morgan fingerprint density at radius 2 is 2.00 bits per heavy atom. The number of amides is 1. The average molecular weight is 285 g/mol. The molecule has 112 valence electrons. The van der Waals surface area contributed by atoms with E-state index in [4.69, 9.17) is 4.98 Å². The van der Waals surface area contributed by atoms with Gasteiger partial charge in [-0.2, -0.15) is 0 Å². The normalized spacial score (nSPS) is 22.4. The number of carbonyl (C=O) groups excluding carboxylic acids is 1. The molecule has 1 amide bonds. The van der Waals surface area contributed by atoms with Gasteiger partial charge < -0.3 is 9.88 Å². The summed E-state index contributed by atoms with van der Waals surface area (Å²) in [5.41, 5.74) is 2.31. The van der Waals surface area contributed by atoms with Crippen molar-refractivity contribution in [2.45, 2.75) is 38.5 Å². The number of para-hydroxylation sites is 2. The van der Waals surface area contributed by atoms with Gasteiger partial charge in [0.2, 0.25) is 5.91 Å². The molecule has 0 bridgehead atoms. The number of carbonyl (C=O) groups is 1. The minimum Gasteiger partial charge on any atom is -0.356 e. The van der Waals surface area contributed by atoms with Crippen LogP contribution >= 0.6 is 0 Å². The Hall–Kier alpha value is -1.84. The Labute approximate surface area is 125 Å². The molecule has 1 aromatic carbocycles. The van der Waals surface area contributed by atoms with Crippen LogP contribution in [0.15, 0.2) is 24.3 Å². The predicted octanol–water partition coefficient (Wildman–Crippen LogP) is 2.98. The van der Waals surface area contributed by atoms with E-state index in [0.717, 1.165) is 12.1 Å². The molecule has 1 saturated carbocycles. The fourth-order valence-electron chi connectivity index (χ4n) is 3.44. The van der Waals surface area contributed by atoms with E-state index in [-0.39, 0.29) is 5.91 Å². The SMILES string of the molecule is CC(=O)NCC1CCC(c2nc3ccccc3n2C)CC1. The van der Waals surface area contributed by atoms with Crippen LogP contribution in [0.5, 0.6) is 0 Å². The van der Waals surface area contributed by atoms with Gasteiger partial charge in [0.25, 0.3) is 0 Å². The van der Waals surface area contributed by atoms with E-state index in [0.29, 0.717) is 11.8 Å². The van der Waals surface area contributed by atoms with Crippen molar-refractivity contribution in [2.75, 3.05) is 6.54 Å². The van der Waals surface area contributed by atoms with Gasteiger partial charge in [0, 0.05) is 26.4 Å². The molecule has 0 spiro atoms. The van der Waals surface area contributed by atoms with Crippen molar-refractivity contribution in [3.63, 3.8) is 0 Å². The lowest BCUT2D eigenvalue weighted by Gasteiger charge is -2.28. The molecule has 4 nitrogen and oxygen atoms in total. The van der Waals surface area contributed by atoms with Gasteiger partial charge in [0.1, 0.15) is 5.82 Å². The summed E-state index contributed by atoms with van der Waals surface area (Å²) in [6.45, 7) is 2.41. The van der Waals surface area contributed by atoms with Gasteiger partial charge in [-0.25, -0.2) is 4.98 Å². The molecule has 1 N–H and O–H groups in total. The highest BCUT2D eigenvalue weighted by Gasteiger charge is 2.25. The van der Waals surface area contributed by atoms with E-state index in [1.165, 1.54) is 37.0 Å². The number of hydrogen-bond acceptors (Lipinski definition) is 2. The molecule has 1 aromatic heterocycles. The summed E-state index contributed by atoms with van der Waals surface area (Å²) in [5, 5.41) is 2.94. The molecule has 1 aliphatic rings. The fraction of sp³-hybridized carbons (Fsp3) is 0.529. The third-order valence-electron chi connectivity index (χ3n) is 4.67. The van der Waals surface area contributed by atoms with E-state index in [1.807, 2.05) is 6.07 Å². The Balaban J connectivity index is 1.68. The molecule has 4 heteroatoms. The van der Waals surface area contributed by atoms with Crippen LogP contribution in [-0.4, -0.2) is 22.0 Å². The second-order valence-electron chi connectivity index (χ2n) is 6.17. The average Bonchev–Trinajstić information content (AvgIpc) is 2.83. The van der Waals surface area contributed by atoms with Crippen LogP contribution in [0, 0.1) is 5.92 Å². The van der Waals surface area contributed by atoms with Crippen molar-refractivity contribution < 1.29 is 4.79 Å². The number of rotatable bonds is 3. The van der Waals surface area contributed by atoms with E-state index < -0.39 is 0 Å². The Bertz CT molecular complexity index is 639. The molecular formula is C17H23N3O. The fourth-order valence-corrected chi connectivity index (χ4v) is 3.44. The number of benzene rings is 1. The third-order valence-corrected chi connectivity index (χ3v) is 4.67. The summed E-state index contributed by atoms with van der Waals surface area (Å²) in [6.07, 6.45) is 4.69. The van der Waals surface area contributed by atoms with Crippen molar-refractivity contribution in [2.24, 2.45) is 13.0 Å². The lowest BCUT2D eigenvalue weighted by atomic mass is 9.81. The lowest BCUT2D eigenvalue weighted by molar-refractivity contribution is -0.119. The van der Waals surface area contributed by atoms with Gasteiger partial charge in [-0.15, -0.1) is 0 Å². The minimum absolute atomic E-state index is 0.0764. The zero-order chi connectivity index (χ0) is 14.8. The molecule has 21 heavy (non-hydrogen) atoms. The smallest absolute Gasteiger partial charge is 0.216 e. The third kappa shape index (κ3) is 2.94. The molecular weight excluding hydrogens is 262 g/mol. The maximum atomic E-state index is 11.0. The maximum Gasteiger partial charge on any atom is 0.216 e. The minimum atomic E-state index is 0.0764. The highest BCUT2D eigenvalue weighted by molar-refractivity contribution is 5.75. The van der Waals surface area contributed by atoms with Gasteiger partial charge in [-0.1, -0.05) is 12.1 Å². The van der Waals surface area contributed by atoms with Crippen LogP contribution in [0.4, 0.5) is 0 Å². The van der Waals surface area contributed by atoms with Gasteiger partial charge in [-0.3, -0.25) is 4.79 Å². The van der Waals surface area contributed by atoms with Gasteiger partial charge in [0.05, 0.1) is 11.0 Å². The summed E-state index contributed by atoms with van der Waals surface area (Å²) in [4.78, 5) is 15.8. The van der Waals surface area contributed by atoms with E-state index >= 15 is 0 Å². The van der Waals surface area contributed by atoms with Crippen LogP contribution in [0.3, 0.4) is 0 Å². The van der Waals surface area contributed by atoms with E-state index in [9.17, 15) is 4.79 Å². The summed E-state index contributed by atoms with van der Waals surface area (Å²) in [7, 11) is 2.12. The van der Waals surface area contributed by atoms with Crippen molar-refractivity contribution in [3.8, 4) is 0 Å². The lowest BCUT2D eigenvalue weighted by Crippen LogP contribution is -2.29. The zero-order valence-electron chi connectivity index (χ0n) is 12.8. The number of aromatic nitrogens is 2. The second kappa shape index (κ2) is 5.88. The Morgan fingerprint density at radius 1 is 1.29 bits per heavy atom. The number of nitrogens with zero attached hydrogens (tertiary/aromatic N) is 2. The standard InChI is InChI=1S/C17H23N3O/c1-12(21)18-11-13-7-9-14(10-8-13)17-19-15-5-3-4-6-16(15)20(17)2/h3-6,13-14H,7-11H2,1-2H3,(H,18,21). The number of fused-ring (bicyclic) bond motifs is 1. The maximum absolute atomic E-state index is 11.0. The highest BCUT2D eigenvalue weighted by atomic mass is 16.1. The van der Waals surface area contributed by atoms with Gasteiger partial charge in [-0.05, 0) is 43.7 Å². The molecule has 0 saturated heterocycles. The van der Waals surface area contributed by atoms with Crippen LogP contribution in [-0.2, 0) is 11.8 Å². The Morgan fingerprint density at radius 3 is 2.67 bits per heavy atom. The topological polar surface area (TPSA) is 46.9 Å².